The van der Waals surface area contributed by atoms with E-state index >= 15 is 0 Å². The van der Waals surface area contributed by atoms with E-state index in [2.05, 4.69) is 9.72 Å². The maximum atomic E-state index is 12.4. The summed E-state index contributed by atoms with van der Waals surface area (Å²) in [6.45, 7) is 1.05. The Labute approximate surface area is 105 Å². The average Bonchev–Trinajstić information content (AvgIpc) is 2.08. The van der Waals surface area contributed by atoms with E-state index in [4.69, 9.17) is 0 Å². The van der Waals surface area contributed by atoms with E-state index in [-0.39, 0.29) is 9.13 Å². The van der Waals surface area contributed by atoms with Crippen LogP contribution in [0.4, 0.5) is 26.3 Å². The van der Waals surface area contributed by atoms with Crippen molar-refractivity contribution in [2.24, 2.45) is 0 Å². The second-order valence-corrected chi connectivity index (χ2v) is 4.04. The molecule has 0 bridgehead atoms. The summed E-state index contributed by atoms with van der Waals surface area (Å²) in [5, 5.41) is 0. The number of hydrogen-bond donors (Lipinski definition) is 0. The Morgan fingerprint density at radius 2 is 1.71 bits per heavy atom. The molecule has 17 heavy (non-hydrogen) atoms. The molecule has 0 aromatic carbocycles. The van der Waals surface area contributed by atoms with Crippen LogP contribution in [0.3, 0.4) is 0 Å². The van der Waals surface area contributed by atoms with Crippen LogP contribution in [0.2, 0.25) is 0 Å². The van der Waals surface area contributed by atoms with Crippen molar-refractivity contribution < 1.29 is 31.1 Å². The third kappa shape index (κ3) is 3.61. The highest BCUT2D eigenvalue weighted by Gasteiger charge is 2.37. The highest BCUT2D eigenvalue weighted by Crippen LogP contribution is 2.36. The fraction of sp³-hybridized carbons (Fsp3) is 0.375. The molecule has 2 nitrogen and oxygen atoms in total. The fourth-order valence-electron chi connectivity index (χ4n) is 1.02. The molecule has 96 valence electrons. The molecule has 9 heteroatoms. The van der Waals surface area contributed by atoms with Crippen LogP contribution in [-0.2, 0) is 6.18 Å². The van der Waals surface area contributed by atoms with Crippen molar-refractivity contribution in [1.82, 2.24) is 4.98 Å². The minimum absolute atomic E-state index is 0.318. The van der Waals surface area contributed by atoms with E-state index in [0.29, 0.717) is 6.20 Å². The van der Waals surface area contributed by atoms with Gasteiger partial charge in [0.05, 0.1) is 9.13 Å². The van der Waals surface area contributed by atoms with Gasteiger partial charge in [-0.15, -0.1) is 13.2 Å². The third-order valence-corrected chi connectivity index (χ3v) is 3.02. The topological polar surface area (TPSA) is 22.1 Å². The largest absolute Gasteiger partial charge is 0.574 e. The Bertz CT molecular complexity index is 427. The SMILES string of the molecule is Cc1c(C(F)(F)F)cnc(OC(F)(F)F)c1I. The van der Waals surface area contributed by atoms with Crippen molar-refractivity contribution in [2.45, 2.75) is 19.5 Å². The summed E-state index contributed by atoms with van der Waals surface area (Å²) < 4.78 is 76.0. The molecule has 1 aromatic heterocycles. The monoisotopic (exact) mass is 371 g/mol. The maximum absolute atomic E-state index is 12.4. The van der Waals surface area contributed by atoms with Crippen molar-refractivity contribution in [2.75, 3.05) is 0 Å². The van der Waals surface area contributed by atoms with E-state index in [1.807, 2.05) is 0 Å². The Kier molecular flexibility index (Phi) is 3.79. The summed E-state index contributed by atoms with van der Waals surface area (Å²) in [6.07, 6.45) is -9.33. The number of alkyl halides is 6. The molecule has 0 N–H and O–H groups in total. The summed E-state index contributed by atoms with van der Waals surface area (Å²) in [5.41, 5.74) is -1.44. The highest BCUT2D eigenvalue weighted by molar-refractivity contribution is 14.1. The van der Waals surface area contributed by atoms with Crippen molar-refractivity contribution >= 4 is 22.6 Å². The molecule has 0 aliphatic rings. The first-order valence-electron chi connectivity index (χ1n) is 4.00. The van der Waals surface area contributed by atoms with Crippen molar-refractivity contribution in [3.63, 3.8) is 0 Å². The van der Waals surface area contributed by atoms with Gasteiger partial charge in [0.1, 0.15) is 0 Å². The second kappa shape index (κ2) is 4.50. The zero-order valence-electron chi connectivity index (χ0n) is 8.08. The smallest absolute Gasteiger partial charge is 0.387 e. The average molecular weight is 371 g/mol. The molecule has 1 heterocycles. The van der Waals surface area contributed by atoms with E-state index in [0.717, 1.165) is 6.92 Å². The van der Waals surface area contributed by atoms with Gasteiger partial charge in [0.15, 0.2) is 0 Å². The molecule has 0 saturated carbocycles. The summed E-state index contributed by atoms with van der Waals surface area (Å²) in [7, 11) is 0. The predicted molar refractivity (Wildman–Crippen MR) is 53.4 cm³/mol. The lowest BCUT2D eigenvalue weighted by Gasteiger charge is -2.14. The van der Waals surface area contributed by atoms with E-state index in [9.17, 15) is 26.3 Å². The van der Waals surface area contributed by atoms with Crippen LogP contribution in [0.15, 0.2) is 6.20 Å². The number of aromatic nitrogens is 1. The summed E-state index contributed by atoms with van der Waals surface area (Å²) in [4.78, 5) is 3.02. The van der Waals surface area contributed by atoms with Gasteiger partial charge in [0.2, 0.25) is 5.88 Å². The van der Waals surface area contributed by atoms with E-state index < -0.39 is 24.0 Å². The molecule has 0 atom stereocenters. The van der Waals surface area contributed by atoms with Crippen molar-refractivity contribution in [3.8, 4) is 5.88 Å². The first kappa shape index (κ1) is 14.3. The van der Waals surface area contributed by atoms with E-state index in [1.165, 1.54) is 22.6 Å². The third-order valence-electron chi connectivity index (χ3n) is 1.75. The van der Waals surface area contributed by atoms with Crippen molar-refractivity contribution in [3.05, 3.63) is 20.9 Å². The van der Waals surface area contributed by atoms with Crippen LogP contribution < -0.4 is 4.74 Å². The number of nitrogens with zero attached hydrogens (tertiary/aromatic N) is 1. The normalized spacial score (nSPS) is 12.7. The molecule has 0 unspecified atom stereocenters. The Morgan fingerprint density at radius 1 is 1.18 bits per heavy atom. The van der Waals surface area contributed by atoms with Gasteiger partial charge in [0, 0.05) is 6.20 Å². The fourth-order valence-corrected chi connectivity index (χ4v) is 1.56. The molecular formula is C8H4F6INO. The lowest BCUT2D eigenvalue weighted by atomic mass is 10.1. The summed E-state index contributed by atoms with van der Waals surface area (Å²) in [5.74, 6) is -0.886. The maximum Gasteiger partial charge on any atom is 0.574 e. The van der Waals surface area contributed by atoms with Crippen LogP contribution in [0.5, 0.6) is 5.88 Å². The molecule has 0 saturated heterocycles. The molecule has 0 fully saturated rings. The first-order valence-corrected chi connectivity index (χ1v) is 5.08. The van der Waals surface area contributed by atoms with Gasteiger partial charge in [-0.1, -0.05) is 0 Å². The lowest BCUT2D eigenvalue weighted by molar-refractivity contribution is -0.276. The molecule has 0 aliphatic carbocycles. The molecular weight excluding hydrogens is 367 g/mol. The Hall–Kier alpha value is -0.740. The minimum Gasteiger partial charge on any atom is -0.387 e. The van der Waals surface area contributed by atoms with Gasteiger partial charge in [-0.05, 0) is 35.1 Å². The van der Waals surface area contributed by atoms with Gasteiger partial charge in [-0.3, -0.25) is 0 Å². The molecule has 0 amide bonds. The number of rotatable bonds is 1. The van der Waals surface area contributed by atoms with Gasteiger partial charge in [-0.2, -0.15) is 13.2 Å². The molecule has 1 rings (SSSR count). The lowest BCUT2D eigenvalue weighted by Crippen LogP contribution is -2.20. The van der Waals surface area contributed by atoms with Crippen molar-refractivity contribution in [1.29, 1.82) is 0 Å². The minimum atomic E-state index is -4.99. The van der Waals surface area contributed by atoms with Crippen LogP contribution >= 0.6 is 22.6 Å². The number of ether oxygens (including phenoxy) is 1. The van der Waals surface area contributed by atoms with Gasteiger partial charge >= 0.3 is 12.5 Å². The number of halogens is 7. The van der Waals surface area contributed by atoms with Crippen LogP contribution in [0.25, 0.3) is 0 Å². The molecule has 1 aromatic rings. The number of hydrogen-bond acceptors (Lipinski definition) is 2. The summed E-state index contributed by atoms with van der Waals surface area (Å²) >= 11 is 1.32. The zero-order valence-corrected chi connectivity index (χ0v) is 10.2. The molecule has 0 radical (unpaired) electrons. The first-order chi connectivity index (χ1) is 7.52. The van der Waals surface area contributed by atoms with E-state index in [1.54, 1.807) is 0 Å². The standard InChI is InChI=1S/C8H4F6INO/c1-3-4(7(9,10)11)2-16-6(5(3)15)17-8(12,13)14/h2H,1H3. The van der Waals surface area contributed by atoms with Crippen LogP contribution in [-0.4, -0.2) is 11.3 Å². The van der Waals surface area contributed by atoms with Gasteiger partial charge in [-0.25, -0.2) is 4.98 Å². The quantitative estimate of drug-likeness (QED) is 0.552. The Balaban J connectivity index is 3.21. The van der Waals surface area contributed by atoms with Crippen LogP contribution in [0.1, 0.15) is 11.1 Å². The molecule has 0 spiro atoms. The summed E-state index contributed by atoms with van der Waals surface area (Å²) in [6, 6.07) is 0. The second-order valence-electron chi connectivity index (χ2n) is 2.96. The number of pyridine rings is 1. The van der Waals surface area contributed by atoms with Gasteiger partial charge < -0.3 is 4.74 Å². The zero-order chi connectivity index (χ0) is 13.4. The predicted octanol–water partition coefficient (Wildman–Crippen LogP) is 3.91. The van der Waals surface area contributed by atoms with Crippen LogP contribution in [0, 0.1) is 10.5 Å². The van der Waals surface area contributed by atoms with Gasteiger partial charge in [0.25, 0.3) is 0 Å². The molecule has 0 aliphatic heterocycles. The Morgan fingerprint density at radius 3 is 2.12 bits per heavy atom. The highest BCUT2D eigenvalue weighted by atomic mass is 127.